The molecule has 1 aliphatic rings. The lowest BCUT2D eigenvalue weighted by atomic mass is 10.1. The Morgan fingerprint density at radius 1 is 1.46 bits per heavy atom. The van der Waals surface area contributed by atoms with Crippen molar-refractivity contribution in [2.45, 2.75) is 26.0 Å². The zero-order valence-electron chi connectivity index (χ0n) is 14.2. The number of imidazole rings is 1. The number of ether oxygens (including phenoxy) is 1. The molecule has 130 valence electrons. The maximum atomic E-state index is 12.2. The van der Waals surface area contributed by atoms with Gasteiger partial charge in [0.05, 0.1) is 24.4 Å². The summed E-state index contributed by atoms with van der Waals surface area (Å²) >= 11 is 0. The minimum absolute atomic E-state index is 0.000118. The standard InChI is InChI=1S/C16H23N5O3/c1-4-21-7-8-23-12(13(21)15-17-5-6-20(15)3)9-18-16(22)14-11(2)19-10-24-14/h5-6,10,12-13H,4,7-9H2,1-3H3,(H,18,22)/t12-,13+/m0/s1. The predicted octanol–water partition coefficient (Wildman–Crippen LogP) is 0.908. The van der Waals surface area contributed by atoms with E-state index in [0.717, 1.165) is 18.9 Å². The molecule has 3 heterocycles. The lowest BCUT2D eigenvalue weighted by Crippen LogP contribution is -2.50. The molecule has 0 radical (unpaired) electrons. The first kappa shape index (κ1) is 16.7. The quantitative estimate of drug-likeness (QED) is 0.875. The highest BCUT2D eigenvalue weighted by molar-refractivity contribution is 5.92. The summed E-state index contributed by atoms with van der Waals surface area (Å²) in [5.41, 5.74) is 0.577. The number of hydrogen-bond acceptors (Lipinski definition) is 6. The van der Waals surface area contributed by atoms with E-state index >= 15 is 0 Å². The molecule has 0 spiro atoms. The third-order valence-corrected chi connectivity index (χ3v) is 4.40. The minimum Gasteiger partial charge on any atom is -0.438 e. The maximum absolute atomic E-state index is 12.2. The fourth-order valence-corrected chi connectivity index (χ4v) is 3.10. The van der Waals surface area contributed by atoms with Crippen LogP contribution in [0.3, 0.4) is 0 Å². The van der Waals surface area contributed by atoms with Gasteiger partial charge in [-0.25, -0.2) is 9.97 Å². The van der Waals surface area contributed by atoms with Crippen molar-refractivity contribution in [3.8, 4) is 0 Å². The number of amides is 1. The molecule has 1 saturated heterocycles. The molecule has 8 nitrogen and oxygen atoms in total. The van der Waals surface area contributed by atoms with Gasteiger partial charge < -0.3 is 19.0 Å². The third-order valence-electron chi connectivity index (χ3n) is 4.40. The summed E-state index contributed by atoms with van der Waals surface area (Å²) in [6, 6.07) is -0.000118. The molecule has 24 heavy (non-hydrogen) atoms. The number of likely N-dealkylation sites (N-methyl/N-ethyl adjacent to an activating group) is 1. The van der Waals surface area contributed by atoms with Crippen molar-refractivity contribution in [2.24, 2.45) is 7.05 Å². The van der Waals surface area contributed by atoms with Crippen molar-refractivity contribution < 1.29 is 13.9 Å². The Hall–Kier alpha value is -2.19. The molecule has 0 aliphatic carbocycles. The van der Waals surface area contributed by atoms with Crippen molar-refractivity contribution in [3.63, 3.8) is 0 Å². The van der Waals surface area contributed by atoms with Crippen LogP contribution in [-0.4, -0.2) is 57.7 Å². The second-order valence-corrected chi connectivity index (χ2v) is 5.86. The zero-order chi connectivity index (χ0) is 17.1. The van der Waals surface area contributed by atoms with E-state index in [1.807, 2.05) is 17.8 Å². The van der Waals surface area contributed by atoms with E-state index in [2.05, 4.69) is 27.1 Å². The highest BCUT2D eigenvalue weighted by Crippen LogP contribution is 2.27. The molecule has 2 atom stereocenters. The topological polar surface area (TPSA) is 85.4 Å². The van der Waals surface area contributed by atoms with Crippen LogP contribution >= 0.6 is 0 Å². The van der Waals surface area contributed by atoms with Crippen LogP contribution in [0.4, 0.5) is 0 Å². The summed E-state index contributed by atoms with van der Waals surface area (Å²) in [5, 5.41) is 2.89. The number of rotatable bonds is 5. The second kappa shape index (κ2) is 7.14. The molecule has 1 amide bonds. The third kappa shape index (κ3) is 3.20. The molecule has 2 aromatic rings. The Morgan fingerprint density at radius 2 is 2.29 bits per heavy atom. The fraction of sp³-hybridized carbons (Fsp3) is 0.562. The number of nitrogens with zero attached hydrogens (tertiary/aromatic N) is 4. The highest BCUT2D eigenvalue weighted by atomic mass is 16.5. The number of nitrogens with one attached hydrogen (secondary N) is 1. The van der Waals surface area contributed by atoms with Gasteiger partial charge in [0.15, 0.2) is 6.39 Å². The molecular formula is C16H23N5O3. The van der Waals surface area contributed by atoms with Gasteiger partial charge in [0.2, 0.25) is 5.76 Å². The van der Waals surface area contributed by atoms with Crippen molar-refractivity contribution in [1.82, 2.24) is 24.8 Å². The van der Waals surface area contributed by atoms with E-state index in [1.165, 1.54) is 6.39 Å². The summed E-state index contributed by atoms with van der Waals surface area (Å²) in [6.45, 7) is 6.62. The Balaban J connectivity index is 1.73. The first-order chi connectivity index (χ1) is 11.6. The van der Waals surface area contributed by atoms with Crippen LogP contribution in [0.1, 0.15) is 35.0 Å². The predicted molar refractivity (Wildman–Crippen MR) is 86.5 cm³/mol. The normalized spacial score (nSPS) is 21.8. The van der Waals surface area contributed by atoms with Gasteiger partial charge in [-0.3, -0.25) is 9.69 Å². The van der Waals surface area contributed by atoms with Crippen molar-refractivity contribution in [2.75, 3.05) is 26.2 Å². The van der Waals surface area contributed by atoms with Crippen LogP contribution in [0.2, 0.25) is 0 Å². The Labute approximate surface area is 140 Å². The lowest BCUT2D eigenvalue weighted by molar-refractivity contribution is -0.0720. The average Bonchev–Trinajstić information content (AvgIpc) is 3.20. The van der Waals surface area contributed by atoms with Gasteiger partial charge in [0.25, 0.3) is 5.91 Å². The summed E-state index contributed by atoms with van der Waals surface area (Å²) in [4.78, 5) is 23.0. The molecule has 1 N–H and O–H groups in total. The number of hydrogen-bond donors (Lipinski definition) is 1. The molecule has 0 saturated carbocycles. The van der Waals surface area contributed by atoms with Gasteiger partial charge in [0, 0.05) is 32.5 Å². The molecule has 0 unspecified atom stereocenters. The lowest BCUT2D eigenvalue weighted by Gasteiger charge is -2.40. The molecular weight excluding hydrogens is 310 g/mol. The van der Waals surface area contributed by atoms with Gasteiger partial charge in [-0.05, 0) is 13.5 Å². The van der Waals surface area contributed by atoms with E-state index in [1.54, 1.807) is 13.1 Å². The second-order valence-electron chi connectivity index (χ2n) is 5.86. The Bertz CT molecular complexity index is 695. The number of carbonyl (C=O) groups excluding carboxylic acids is 1. The van der Waals surface area contributed by atoms with Gasteiger partial charge in [-0.1, -0.05) is 6.92 Å². The monoisotopic (exact) mass is 333 g/mol. The van der Waals surface area contributed by atoms with Crippen LogP contribution in [0.25, 0.3) is 0 Å². The summed E-state index contributed by atoms with van der Waals surface area (Å²) in [5.74, 6) is 0.902. The van der Waals surface area contributed by atoms with E-state index < -0.39 is 0 Å². The smallest absolute Gasteiger partial charge is 0.289 e. The number of oxazole rings is 1. The molecule has 8 heteroatoms. The number of aromatic nitrogens is 3. The van der Waals surface area contributed by atoms with Gasteiger partial charge in [-0.2, -0.15) is 0 Å². The van der Waals surface area contributed by atoms with Crippen LogP contribution in [0, 0.1) is 6.92 Å². The average molecular weight is 333 g/mol. The van der Waals surface area contributed by atoms with Crippen LogP contribution in [-0.2, 0) is 11.8 Å². The maximum Gasteiger partial charge on any atom is 0.289 e. The largest absolute Gasteiger partial charge is 0.438 e. The van der Waals surface area contributed by atoms with Crippen molar-refractivity contribution in [3.05, 3.63) is 36.1 Å². The molecule has 3 rings (SSSR count). The van der Waals surface area contributed by atoms with Crippen molar-refractivity contribution in [1.29, 1.82) is 0 Å². The fourth-order valence-electron chi connectivity index (χ4n) is 3.10. The van der Waals surface area contributed by atoms with Crippen molar-refractivity contribution >= 4 is 5.91 Å². The SMILES string of the molecule is CCN1CCO[C@@H](CNC(=O)c2ocnc2C)[C@@H]1c1nccn1C. The van der Waals surface area contributed by atoms with Crippen LogP contribution < -0.4 is 5.32 Å². The molecule has 1 fully saturated rings. The van der Waals surface area contributed by atoms with Crippen LogP contribution in [0.5, 0.6) is 0 Å². The van der Waals surface area contributed by atoms with Gasteiger partial charge >= 0.3 is 0 Å². The number of carbonyl (C=O) groups is 1. The highest BCUT2D eigenvalue weighted by Gasteiger charge is 2.35. The zero-order valence-corrected chi connectivity index (χ0v) is 14.2. The number of aryl methyl sites for hydroxylation is 2. The van der Waals surface area contributed by atoms with E-state index in [9.17, 15) is 4.79 Å². The summed E-state index contributed by atoms with van der Waals surface area (Å²) < 4.78 is 13.1. The van der Waals surface area contributed by atoms with Gasteiger partial charge in [0.1, 0.15) is 5.82 Å². The first-order valence-corrected chi connectivity index (χ1v) is 8.13. The van der Waals surface area contributed by atoms with Crippen LogP contribution in [0.15, 0.2) is 23.2 Å². The Morgan fingerprint density at radius 3 is 2.92 bits per heavy atom. The van der Waals surface area contributed by atoms with E-state index in [-0.39, 0.29) is 23.8 Å². The van der Waals surface area contributed by atoms with E-state index in [4.69, 9.17) is 9.15 Å². The molecule has 0 aromatic carbocycles. The summed E-state index contributed by atoms with van der Waals surface area (Å²) in [7, 11) is 1.97. The Kier molecular flexibility index (Phi) is 4.96. The molecule has 1 aliphatic heterocycles. The summed E-state index contributed by atoms with van der Waals surface area (Å²) in [6.07, 6.45) is 4.81. The molecule has 2 aromatic heterocycles. The van der Waals surface area contributed by atoms with Gasteiger partial charge in [-0.15, -0.1) is 0 Å². The molecule has 0 bridgehead atoms. The number of morpholine rings is 1. The minimum atomic E-state index is -0.277. The first-order valence-electron chi connectivity index (χ1n) is 8.13. The van der Waals surface area contributed by atoms with E-state index in [0.29, 0.717) is 18.8 Å².